The zero-order chi connectivity index (χ0) is 14.7. The van der Waals surface area contributed by atoms with Crippen molar-refractivity contribution in [2.24, 2.45) is 13.0 Å². The molecule has 4 heteroatoms. The molecule has 0 radical (unpaired) electrons. The van der Waals surface area contributed by atoms with E-state index in [1.807, 2.05) is 42.1 Å². The lowest BCUT2D eigenvalue weighted by molar-refractivity contribution is 0.0939. The predicted molar refractivity (Wildman–Crippen MR) is 82.1 cm³/mol. The maximum Gasteiger partial charge on any atom is 0.271 e. The van der Waals surface area contributed by atoms with E-state index in [0.29, 0.717) is 11.5 Å². The van der Waals surface area contributed by atoms with Gasteiger partial charge in [0, 0.05) is 29.8 Å². The molecule has 2 aromatic rings. The van der Waals surface area contributed by atoms with Crippen LogP contribution in [-0.4, -0.2) is 10.5 Å². The van der Waals surface area contributed by atoms with Crippen LogP contribution >= 0.6 is 0 Å². The second-order valence-electron chi connectivity index (χ2n) is 5.45. The number of amides is 1. The van der Waals surface area contributed by atoms with Gasteiger partial charge in [-0.25, -0.2) is 0 Å². The van der Waals surface area contributed by atoms with Crippen LogP contribution in [0.5, 0.6) is 0 Å². The Balaban J connectivity index is 2.10. The van der Waals surface area contributed by atoms with Gasteiger partial charge in [0.25, 0.3) is 5.91 Å². The van der Waals surface area contributed by atoms with Crippen LogP contribution in [0, 0.1) is 5.92 Å². The fraction of sp³-hybridized carbons (Fsp3) is 0.312. The normalized spacial score (nSPS) is 10.8. The number of hydrogen-bond acceptors (Lipinski definition) is 2. The molecule has 0 aliphatic carbocycles. The van der Waals surface area contributed by atoms with Crippen LogP contribution in [-0.2, 0) is 7.05 Å². The van der Waals surface area contributed by atoms with Gasteiger partial charge in [0.05, 0.1) is 5.56 Å². The third kappa shape index (κ3) is 3.02. The summed E-state index contributed by atoms with van der Waals surface area (Å²) in [6.07, 6.45) is 2.67. The average molecular weight is 271 g/mol. The molecule has 0 aliphatic rings. The zero-order valence-corrected chi connectivity index (χ0v) is 12.2. The Morgan fingerprint density at radius 1 is 1.30 bits per heavy atom. The van der Waals surface area contributed by atoms with Gasteiger partial charge in [-0.15, -0.1) is 0 Å². The van der Waals surface area contributed by atoms with Crippen molar-refractivity contribution in [1.82, 2.24) is 15.4 Å². The summed E-state index contributed by atoms with van der Waals surface area (Å²) in [5, 5.41) is 0.948. The first-order valence-corrected chi connectivity index (χ1v) is 6.77. The summed E-state index contributed by atoms with van der Waals surface area (Å²) in [5.41, 5.74) is 8.10. The minimum absolute atomic E-state index is 0.147. The van der Waals surface area contributed by atoms with E-state index in [4.69, 9.17) is 0 Å². The molecule has 0 aliphatic heterocycles. The second kappa shape index (κ2) is 5.82. The lowest BCUT2D eigenvalue weighted by Crippen LogP contribution is -2.36. The number of benzene rings is 1. The second-order valence-corrected chi connectivity index (χ2v) is 5.45. The molecule has 1 heterocycles. The molecule has 1 amide bonds. The van der Waals surface area contributed by atoms with Crippen molar-refractivity contribution in [2.45, 2.75) is 20.3 Å². The Labute approximate surface area is 119 Å². The number of nitrogens with zero attached hydrogens (tertiary/aromatic N) is 1. The zero-order valence-electron chi connectivity index (χ0n) is 12.2. The van der Waals surface area contributed by atoms with Gasteiger partial charge in [-0.05, 0) is 18.4 Å². The topological polar surface area (TPSA) is 46.1 Å². The first-order chi connectivity index (χ1) is 9.49. The number of fused-ring (bicyclic) bond motifs is 1. The first kappa shape index (κ1) is 14.2. The molecule has 20 heavy (non-hydrogen) atoms. The minimum atomic E-state index is -0.147. The number of hydrogen-bond donors (Lipinski definition) is 2. The van der Waals surface area contributed by atoms with Crippen LogP contribution in [0.25, 0.3) is 10.9 Å². The number of nitrogens with one attached hydrogen (secondary N) is 2. The third-order valence-electron chi connectivity index (χ3n) is 3.15. The van der Waals surface area contributed by atoms with E-state index < -0.39 is 0 Å². The predicted octanol–water partition coefficient (Wildman–Crippen LogP) is 2.97. The number of rotatable bonds is 5. The van der Waals surface area contributed by atoms with Crippen molar-refractivity contribution >= 4 is 16.8 Å². The van der Waals surface area contributed by atoms with Crippen molar-refractivity contribution in [3.8, 4) is 0 Å². The number of aryl methyl sites for hydroxylation is 1. The Morgan fingerprint density at radius 2 is 2.00 bits per heavy atom. The monoisotopic (exact) mass is 271 g/mol. The quantitative estimate of drug-likeness (QED) is 0.821. The Morgan fingerprint density at radius 3 is 2.70 bits per heavy atom. The smallest absolute Gasteiger partial charge is 0.271 e. The largest absolute Gasteiger partial charge is 0.350 e. The number of carbonyl (C=O) groups is 1. The van der Waals surface area contributed by atoms with E-state index >= 15 is 0 Å². The summed E-state index contributed by atoms with van der Waals surface area (Å²) in [4.78, 5) is 12.2. The van der Waals surface area contributed by atoms with Gasteiger partial charge in [0.15, 0.2) is 0 Å². The molecule has 2 rings (SSSR count). The Bertz CT molecular complexity index is 640. The molecule has 2 N–H and O–H groups in total. The minimum Gasteiger partial charge on any atom is -0.350 e. The van der Waals surface area contributed by atoms with Gasteiger partial charge in [0.2, 0.25) is 0 Å². The molecule has 0 saturated heterocycles. The summed E-state index contributed by atoms with van der Waals surface area (Å²) < 4.78 is 1.95. The van der Waals surface area contributed by atoms with E-state index in [1.54, 1.807) is 0 Å². The highest BCUT2D eigenvalue weighted by Crippen LogP contribution is 2.19. The highest BCUT2D eigenvalue weighted by molar-refractivity contribution is 6.06. The van der Waals surface area contributed by atoms with E-state index in [1.165, 1.54) is 0 Å². The summed E-state index contributed by atoms with van der Waals surface area (Å²) in [6, 6.07) is 7.85. The number of carbonyl (C=O) groups excluding carboxylic acids is 1. The summed E-state index contributed by atoms with van der Waals surface area (Å²) >= 11 is 0. The van der Waals surface area contributed by atoms with Crippen molar-refractivity contribution < 1.29 is 4.79 Å². The fourth-order valence-corrected chi connectivity index (χ4v) is 2.28. The lowest BCUT2D eigenvalue weighted by atomic mass is 10.1. The number of hydrazine groups is 1. The molecular weight excluding hydrogens is 250 g/mol. The molecule has 1 aromatic carbocycles. The third-order valence-corrected chi connectivity index (χ3v) is 3.15. The molecule has 0 fully saturated rings. The molecule has 0 saturated carbocycles. The molecule has 106 valence electrons. The van der Waals surface area contributed by atoms with Crippen molar-refractivity contribution in [3.05, 3.63) is 48.3 Å². The molecule has 4 nitrogen and oxygen atoms in total. The van der Waals surface area contributed by atoms with E-state index in [0.717, 1.165) is 23.0 Å². The number of aromatic nitrogens is 1. The Kier molecular flexibility index (Phi) is 4.13. The molecule has 0 atom stereocenters. The highest BCUT2D eigenvalue weighted by atomic mass is 16.2. The molecular formula is C16H21N3O. The molecule has 0 spiro atoms. The summed E-state index contributed by atoms with van der Waals surface area (Å²) in [6.45, 7) is 8.12. The maximum atomic E-state index is 12.2. The standard InChI is InChI=1S/C16H21N3O/c1-11(2)9-12(3)17-18-16(20)14-10-19(4)15-8-6-5-7-13(14)15/h5-8,10-11,17H,3,9H2,1-2,4H3,(H,18,20). The van der Waals surface area contributed by atoms with Crippen molar-refractivity contribution in [2.75, 3.05) is 0 Å². The van der Waals surface area contributed by atoms with Crippen LogP contribution < -0.4 is 10.9 Å². The van der Waals surface area contributed by atoms with Gasteiger partial charge in [0.1, 0.15) is 0 Å². The molecule has 1 aromatic heterocycles. The van der Waals surface area contributed by atoms with Crippen LogP contribution in [0.3, 0.4) is 0 Å². The average Bonchev–Trinajstić information content (AvgIpc) is 2.73. The van der Waals surface area contributed by atoms with Gasteiger partial charge in [-0.3, -0.25) is 10.2 Å². The molecule has 0 unspecified atom stereocenters. The van der Waals surface area contributed by atoms with Gasteiger partial charge < -0.3 is 9.99 Å². The van der Waals surface area contributed by atoms with Crippen LogP contribution in [0.4, 0.5) is 0 Å². The van der Waals surface area contributed by atoms with Gasteiger partial charge >= 0.3 is 0 Å². The lowest BCUT2D eigenvalue weighted by Gasteiger charge is -2.12. The van der Waals surface area contributed by atoms with Crippen LogP contribution in [0.15, 0.2) is 42.7 Å². The fourth-order valence-electron chi connectivity index (χ4n) is 2.28. The van der Waals surface area contributed by atoms with E-state index in [9.17, 15) is 4.79 Å². The van der Waals surface area contributed by atoms with Crippen LogP contribution in [0.2, 0.25) is 0 Å². The molecule has 0 bridgehead atoms. The summed E-state index contributed by atoms with van der Waals surface area (Å²) in [7, 11) is 1.93. The van der Waals surface area contributed by atoms with Gasteiger partial charge in [-0.2, -0.15) is 0 Å². The summed E-state index contributed by atoms with van der Waals surface area (Å²) in [5.74, 6) is 0.358. The Hall–Kier alpha value is -2.23. The highest BCUT2D eigenvalue weighted by Gasteiger charge is 2.13. The van der Waals surface area contributed by atoms with Gasteiger partial charge in [-0.1, -0.05) is 38.6 Å². The van der Waals surface area contributed by atoms with E-state index in [-0.39, 0.29) is 5.91 Å². The number of para-hydroxylation sites is 1. The van der Waals surface area contributed by atoms with Crippen molar-refractivity contribution in [1.29, 1.82) is 0 Å². The number of allylic oxidation sites excluding steroid dienone is 1. The van der Waals surface area contributed by atoms with Crippen LogP contribution in [0.1, 0.15) is 30.6 Å². The van der Waals surface area contributed by atoms with E-state index in [2.05, 4.69) is 31.3 Å². The van der Waals surface area contributed by atoms with Crippen molar-refractivity contribution in [3.63, 3.8) is 0 Å². The first-order valence-electron chi connectivity index (χ1n) is 6.77. The SMILES string of the molecule is C=C(CC(C)C)NNC(=O)c1cn(C)c2ccccc12. The maximum absolute atomic E-state index is 12.2.